The van der Waals surface area contributed by atoms with Crippen LogP contribution < -0.4 is 15.4 Å². The Morgan fingerprint density at radius 3 is 2.86 bits per heavy atom. The topological polar surface area (TPSA) is 63.2 Å². The second kappa shape index (κ2) is 6.23. The van der Waals surface area contributed by atoms with Gasteiger partial charge in [0.05, 0.1) is 24.0 Å². The summed E-state index contributed by atoms with van der Waals surface area (Å²) in [5.41, 5.74) is 1.86. The summed E-state index contributed by atoms with van der Waals surface area (Å²) < 4.78 is 5.22. The van der Waals surface area contributed by atoms with E-state index in [1.165, 1.54) is 6.20 Å². The molecular formula is C16H16ClN3O2. The zero-order valence-electron chi connectivity index (χ0n) is 12.1. The highest BCUT2D eigenvalue weighted by Crippen LogP contribution is 2.28. The molecule has 1 aliphatic rings. The van der Waals surface area contributed by atoms with Crippen molar-refractivity contribution < 1.29 is 9.53 Å². The number of pyridine rings is 1. The van der Waals surface area contributed by atoms with Crippen LogP contribution in [0.4, 0.5) is 11.4 Å². The molecule has 0 bridgehead atoms. The molecule has 114 valence electrons. The number of carbonyl (C=O) groups is 1. The minimum atomic E-state index is -0.257. The van der Waals surface area contributed by atoms with E-state index in [1.54, 1.807) is 37.6 Å². The lowest BCUT2D eigenvalue weighted by Crippen LogP contribution is -2.13. The molecule has 2 aromatic rings. The van der Waals surface area contributed by atoms with Gasteiger partial charge in [-0.25, -0.2) is 0 Å². The SMILES string of the molecule is COc1ccc(Cl)cc1NC(=O)c1cncc(NC2CC2)c1. The molecule has 0 aliphatic heterocycles. The second-order valence-electron chi connectivity index (χ2n) is 5.18. The number of benzene rings is 1. The first-order valence-electron chi connectivity index (χ1n) is 7.02. The molecule has 0 spiro atoms. The van der Waals surface area contributed by atoms with Crippen molar-refractivity contribution in [2.75, 3.05) is 17.7 Å². The fraction of sp³-hybridized carbons (Fsp3) is 0.250. The third kappa shape index (κ3) is 3.49. The van der Waals surface area contributed by atoms with Gasteiger partial charge in [0.25, 0.3) is 5.91 Å². The lowest BCUT2D eigenvalue weighted by atomic mass is 10.2. The smallest absolute Gasteiger partial charge is 0.257 e. The number of methoxy groups -OCH3 is 1. The number of halogens is 1. The minimum absolute atomic E-state index is 0.257. The Kier molecular flexibility index (Phi) is 4.15. The molecule has 3 rings (SSSR count). The molecule has 0 radical (unpaired) electrons. The van der Waals surface area contributed by atoms with Gasteiger partial charge < -0.3 is 15.4 Å². The number of hydrogen-bond acceptors (Lipinski definition) is 4. The molecule has 1 aliphatic carbocycles. The number of rotatable bonds is 5. The third-order valence-corrected chi connectivity index (χ3v) is 3.59. The molecular weight excluding hydrogens is 302 g/mol. The number of nitrogens with one attached hydrogen (secondary N) is 2. The highest BCUT2D eigenvalue weighted by molar-refractivity contribution is 6.31. The standard InChI is InChI=1S/C16H16ClN3O2/c1-22-15-5-2-11(17)7-14(15)20-16(21)10-6-13(9-18-8-10)19-12-3-4-12/h2,5-9,12,19H,3-4H2,1H3,(H,20,21). The number of amides is 1. The Balaban J connectivity index is 1.77. The van der Waals surface area contributed by atoms with Gasteiger partial charge in [-0.15, -0.1) is 0 Å². The molecule has 22 heavy (non-hydrogen) atoms. The molecule has 1 fully saturated rings. The first-order valence-corrected chi connectivity index (χ1v) is 7.40. The van der Waals surface area contributed by atoms with Crippen LogP contribution in [0.3, 0.4) is 0 Å². The monoisotopic (exact) mass is 317 g/mol. The van der Waals surface area contributed by atoms with Gasteiger partial charge in [-0.3, -0.25) is 9.78 Å². The molecule has 2 N–H and O–H groups in total. The van der Waals surface area contributed by atoms with E-state index in [0.29, 0.717) is 28.1 Å². The van der Waals surface area contributed by atoms with Crippen molar-refractivity contribution >= 4 is 28.9 Å². The molecule has 6 heteroatoms. The predicted molar refractivity (Wildman–Crippen MR) is 86.8 cm³/mol. The van der Waals surface area contributed by atoms with Crippen LogP contribution >= 0.6 is 11.6 Å². The average molecular weight is 318 g/mol. The molecule has 1 aromatic heterocycles. The van der Waals surface area contributed by atoms with Crippen molar-refractivity contribution in [2.45, 2.75) is 18.9 Å². The summed E-state index contributed by atoms with van der Waals surface area (Å²) in [6.45, 7) is 0. The zero-order chi connectivity index (χ0) is 15.5. The van der Waals surface area contributed by atoms with E-state index in [-0.39, 0.29) is 5.91 Å². The lowest BCUT2D eigenvalue weighted by Gasteiger charge is -2.11. The van der Waals surface area contributed by atoms with E-state index >= 15 is 0 Å². The maximum absolute atomic E-state index is 12.4. The molecule has 5 nitrogen and oxygen atoms in total. The quantitative estimate of drug-likeness (QED) is 0.885. The van der Waals surface area contributed by atoms with Gasteiger partial charge in [0.15, 0.2) is 0 Å². The highest BCUT2D eigenvalue weighted by Gasteiger charge is 2.21. The average Bonchev–Trinajstić information content (AvgIpc) is 3.32. The van der Waals surface area contributed by atoms with Crippen LogP contribution in [0.25, 0.3) is 0 Å². The van der Waals surface area contributed by atoms with E-state index in [4.69, 9.17) is 16.3 Å². The van der Waals surface area contributed by atoms with Gasteiger partial charge in [0.2, 0.25) is 0 Å². The Morgan fingerprint density at radius 2 is 2.14 bits per heavy atom. The molecule has 0 atom stereocenters. The van der Waals surface area contributed by atoms with Gasteiger partial charge in [-0.1, -0.05) is 11.6 Å². The number of nitrogens with zero attached hydrogens (tertiary/aromatic N) is 1. The van der Waals surface area contributed by atoms with Crippen molar-refractivity contribution in [3.05, 3.63) is 47.2 Å². The van der Waals surface area contributed by atoms with Crippen molar-refractivity contribution in [3.63, 3.8) is 0 Å². The Bertz CT molecular complexity index is 702. The summed E-state index contributed by atoms with van der Waals surface area (Å²) in [7, 11) is 1.54. The molecule has 1 saturated carbocycles. The van der Waals surface area contributed by atoms with Crippen LogP contribution in [-0.2, 0) is 0 Å². The van der Waals surface area contributed by atoms with Gasteiger partial charge in [-0.2, -0.15) is 0 Å². The van der Waals surface area contributed by atoms with Crippen LogP contribution in [0, 0.1) is 0 Å². The largest absolute Gasteiger partial charge is 0.495 e. The third-order valence-electron chi connectivity index (χ3n) is 3.36. The van der Waals surface area contributed by atoms with Crippen LogP contribution in [0.5, 0.6) is 5.75 Å². The first kappa shape index (κ1) is 14.7. The first-order chi connectivity index (χ1) is 10.7. The summed E-state index contributed by atoms with van der Waals surface area (Å²) in [5.74, 6) is 0.297. The minimum Gasteiger partial charge on any atom is -0.495 e. The number of aromatic nitrogens is 1. The van der Waals surface area contributed by atoms with E-state index in [1.807, 2.05) is 0 Å². The Hall–Kier alpha value is -2.27. The van der Waals surface area contributed by atoms with Crippen molar-refractivity contribution in [1.82, 2.24) is 4.98 Å². The summed E-state index contributed by atoms with van der Waals surface area (Å²) in [6, 6.07) is 7.36. The summed E-state index contributed by atoms with van der Waals surface area (Å²) in [6.07, 6.45) is 5.58. The predicted octanol–water partition coefficient (Wildman–Crippen LogP) is 3.57. The lowest BCUT2D eigenvalue weighted by molar-refractivity contribution is 0.102. The highest BCUT2D eigenvalue weighted by atomic mass is 35.5. The van der Waals surface area contributed by atoms with E-state index < -0.39 is 0 Å². The fourth-order valence-electron chi connectivity index (χ4n) is 2.08. The van der Waals surface area contributed by atoms with E-state index in [9.17, 15) is 4.79 Å². The Labute approximate surface area is 133 Å². The van der Waals surface area contributed by atoms with Gasteiger partial charge in [0, 0.05) is 23.5 Å². The van der Waals surface area contributed by atoms with Crippen LogP contribution in [0.1, 0.15) is 23.2 Å². The Morgan fingerprint density at radius 1 is 1.32 bits per heavy atom. The van der Waals surface area contributed by atoms with Crippen molar-refractivity contribution in [3.8, 4) is 5.75 Å². The molecule has 1 amide bonds. The van der Waals surface area contributed by atoms with E-state index in [0.717, 1.165) is 18.5 Å². The van der Waals surface area contributed by atoms with Crippen molar-refractivity contribution in [1.29, 1.82) is 0 Å². The summed E-state index contributed by atoms with van der Waals surface area (Å²) in [5, 5.41) is 6.64. The number of ether oxygens (including phenoxy) is 1. The molecule has 1 aromatic carbocycles. The van der Waals surface area contributed by atoms with Crippen LogP contribution in [-0.4, -0.2) is 24.0 Å². The zero-order valence-corrected chi connectivity index (χ0v) is 12.9. The fourth-order valence-corrected chi connectivity index (χ4v) is 2.25. The second-order valence-corrected chi connectivity index (χ2v) is 5.62. The maximum Gasteiger partial charge on any atom is 0.257 e. The van der Waals surface area contributed by atoms with Gasteiger partial charge in [0.1, 0.15) is 5.75 Å². The number of anilines is 2. The van der Waals surface area contributed by atoms with Crippen molar-refractivity contribution in [2.24, 2.45) is 0 Å². The maximum atomic E-state index is 12.4. The molecule has 1 heterocycles. The van der Waals surface area contributed by atoms with Gasteiger partial charge >= 0.3 is 0 Å². The number of carbonyl (C=O) groups excluding carboxylic acids is 1. The molecule has 0 saturated heterocycles. The van der Waals surface area contributed by atoms with Gasteiger partial charge in [-0.05, 0) is 37.1 Å². The number of hydrogen-bond donors (Lipinski definition) is 2. The van der Waals surface area contributed by atoms with Crippen LogP contribution in [0.2, 0.25) is 5.02 Å². The normalized spacial score (nSPS) is 13.5. The van der Waals surface area contributed by atoms with Crippen LogP contribution in [0.15, 0.2) is 36.7 Å². The van der Waals surface area contributed by atoms with E-state index in [2.05, 4.69) is 15.6 Å². The molecule has 0 unspecified atom stereocenters. The summed E-state index contributed by atoms with van der Waals surface area (Å²) >= 11 is 5.96. The summed E-state index contributed by atoms with van der Waals surface area (Å²) in [4.78, 5) is 16.5.